The molecule has 0 aliphatic heterocycles. The lowest BCUT2D eigenvalue weighted by Gasteiger charge is -2.18. The Bertz CT molecular complexity index is 463. The van der Waals surface area contributed by atoms with Crippen LogP contribution in [-0.4, -0.2) is 35.5 Å². The summed E-state index contributed by atoms with van der Waals surface area (Å²) in [5.74, 6) is -0.595. The van der Waals surface area contributed by atoms with Crippen molar-refractivity contribution in [3.63, 3.8) is 0 Å². The second kappa shape index (κ2) is 6.35. The zero-order valence-electron chi connectivity index (χ0n) is 10.7. The van der Waals surface area contributed by atoms with Crippen LogP contribution in [0.2, 0.25) is 0 Å². The first-order chi connectivity index (χ1) is 8.40. The van der Waals surface area contributed by atoms with Gasteiger partial charge >= 0.3 is 5.97 Å². The van der Waals surface area contributed by atoms with Gasteiger partial charge in [0.25, 0.3) is 5.91 Å². The van der Waals surface area contributed by atoms with Crippen molar-refractivity contribution in [3.8, 4) is 0 Å². The number of carbonyl (C=O) groups excluding carboxylic acids is 1. The van der Waals surface area contributed by atoms with E-state index in [0.717, 1.165) is 11.0 Å². The minimum absolute atomic E-state index is 0.0244. The van der Waals surface area contributed by atoms with Gasteiger partial charge in [-0.3, -0.25) is 4.79 Å². The maximum atomic E-state index is 12.0. The Balaban J connectivity index is 2.73. The summed E-state index contributed by atoms with van der Waals surface area (Å²) in [5, 5.41) is 8.52. The van der Waals surface area contributed by atoms with Crippen molar-refractivity contribution < 1.29 is 14.7 Å². The van der Waals surface area contributed by atoms with Crippen LogP contribution in [0.25, 0.3) is 6.08 Å². The van der Waals surface area contributed by atoms with Crippen molar-refractivity contribution in [1.29, 1.82) is 0 Å². The molecule has 0 radical (unpaired) electrons. The molecule has 1 aromatic rings. The van der Waals surface area contributed by atoms with Crippen LogP contribution in [0.15, 0.2) is 18.2 Å². The smallest absolute Gasteiger partial charge is 0.328 e. The summed E-state index contributed by atoms with van der Waals surface area (Å²) in [7, 11) is 1.77. The number of hydrogen-bond donors (Lipinski definition) is 1. The lowest BCUT2D eigenvalue weighted by atomic mass is 10.2. The monoisotopic (exact) mass is 267 g/mol. The van der Waals surface area contributed by atoms with Crippen LogP contribution in [0, 0.1) is 5.92 Å². The highest BCUT2D eigenvalue weighted by Gasteiger charge is 2.14. The van der Waals surface area contributed by atoms with E-state index in [4.69, 9.17) is 5.11 Å². The van der Waals surface area contributed by atoms with Gasteiger partial charge in [-0.1, -0.05) is 13.8 Å². The standard InChI is InChI=1S/C13H17NO3S/c1-9(2)8-14(3)13(17)11-6-4-10(18-11)5-7-12(15)16/h4-7,9H,8H2,1-3H3,(H,15,16)/b7-5+. The Labute approximate surface area is 111 Å². The topological polar surface area (TPSA) is 57.6 Å². The SMILES string of the molecule is CC(C)CN(C)C(=O)c1ccc(/C=C/C(=O)O)s1. The van der Waals surface area contributed by atoms with Crippen LogP contribution >= 0.6 is 11.3 Å². The van der Waals surface area contributed by atoms with Crippen LogP contribution < -0.4 is 0 Å². The van der Waals surface area contributed by atoms with Crippen molar-refractivity contribution in [3.05, 3.63) is 28.0 Å². The molecule has 0 bridgehead atoms. The number of amides is 1. The molecule has 1 N–H and O–H groups in total. The molecule has 0 fully saturated rings. The van der Waals surface area contributed by atoms with Gasteiger partial charge in [0, 0.05) is 24.5 Å². The maximum Gasteiger partial charge on any atom is 0.328 e. The highest BCUT2D eigenvalue weighted by molar-refractivity contribution is 7.14. The van der Waals surface area contributed by atoms with Gasteiger partial charge in [0.1, 0.15) is 0 Å². The zero-order valence-corrected chi connectivity index (χ0v) is 11.5. The third-order valence-corrected chi connectivity index (χ3v) is 3.25. The number of aliphatic carboxylic acids is 1. The van der Waals surface area contributed by atoms with Crippen LogP contribution in [0.1, 0.15) is 28.4 Å². The van der Waals surface area contributed by atoms with Gasteiger partial charge in [-0.05, 0) is 24.1 Å². The van der Waals surface area contributed by atoms with Crippen molar-refractivity contribution in [2.45, 2.75) is 13.8 Å². The summed E-state index contributed by atoms with van der Waals surface area (Å²) in [6, 6.07) is 3.48. The number of nitrogens with zero attached hydrogens (tertiary/aromatic N) is 1. The molecule has 0 atom stereocenters. The largest absolute Gasteiger partial charge is 0.478 e. The lowest BCUT2D eigenvalue weighted by Crippen LogP contribution is -2.29. The molecule has 1 amide bonds. The van der Waals surface area contributed by atoms with E-state index >= 15 is 0 Å². The summed E-state index contributed by atoms with van der Waals surface area (Å²) < 4.78 is 0. The molecule has 0 aliphatic rings. The van der Waals surface area contributed by atoms with Gasteiger partial charge < -0.3 is 10.0 Å². The number of carboxylic acids is 1. The van der Waals surface area contributed by atoms with E-state index in [0.29, 0.717) is 17.3 Å². The first-order valence-corrected chi connectivity index (χ1v) is 6.48. The van der Waals surface area contributed by atoms with Crippen LogP contribution in [-0.2, 0) is 4.79 Å². The Morgan fingerprint density at radius 1 is 1.44 bits per heavy atom. The molecule has 1 aromatic heterocycles. The molecule has 0 spiro atoms. The summed E-state index contributed by atoms with van der Waals surface area (Å²) >= 11 is 1.30. The van der Waals surface area contributed by atoms with Gasteiger partial charge in [0.05, 0.1) is 4.88 Å². The molecule has 4 nitrogen and oxygen atoms in total. The Kier molecular flexibility index (Phi) is 5.09. The quantitative estimate of drug-likeness (QED) is 0.834. The molecule has 5 heteroatoms. The summed E-state index contributed by atoms with van der Waals surface area (Å²) in [6.45, 7) is 4.81. The summed E-state index contributed by atoms with van der Waals surface area (Å²) in [6.07, 6.45) is 2.56. The Morgan fingerprint density at radius 3 is 2.67 bits per heavy atom. The Hall–Kier alpha value is -1.62. The van der Waals surface area contributed by atoms with E-state index in [-0.39, 0.29) is 5.91 Å². The number of rotatable bonds is 5. The van der Waals surface area contributed by atoms with Crippen molar-refractivity contribution in [2.24, 2.45) is 5.92 Å². The molecule has 0 aromatic carbocycles. The average Bonchev–Trinajstić information content (AvgIpc) is 2.72. The fraction of sp³-hybridized carbons (Fsp3) is 0.385. The number of carboxylic acid groups (broad SMARTS) is 1. The third kappa shape index (κ3) is 4.33. The molecule has 0 unspecified atom stereocenters. The van der Waals surface area contributed by atoms with Crippen LogP contribution in [0.4, 0.5) is 0 Å². The highest BCUT2D eigenvalue weighted by Crippen LogP contribution is 2.19. The molecule has 98 valence electrons. The van der Waals surface area contributed by atoms with E-state index in [1.807, 2.05) is 0 Å². The first kappa shape index (κ1) is 14.4. The minimum Gasteiger partial charge on any atom is -0.478 e. The predicted molar refractivity (Wildman–Crippen MR) is 72.8 cm³/mol. The minimum atomic E-state index is -0.992. The Morgan fingerprint density at radius 2 is 2.11 bits per heavy atom. The van der Waals surface area contributed by atoms with E-state index < -0.39 is 5.97 Å². The molecular weight excluding hydrogens is 250 g/mol. The molecule has 1 rings (SSSR count). The molecule has 0 aliphatic carbocycles. The third-order valence-electron chi connectivity index (χ3n) is 2.21. The second-order valence-electron chi connectivity index (χ2n) is 4.45. The van der Waals surface area contributed by atoms with Gasteiger partial charge in [0.15, 0.2) is 0 Å². The van der Waals surface area contributed by atoms with E-state index in [1.54, 1.807) is 24.1 Å². The first-order valence-electron chi connectivity index (χ1n) is 5.66. The molecule has 1 heterocycles. The van der Waals surface area contributed by atoms with Crippen molar-refractivity contribution in [1.82, 2.24) is 4.90 Å². The maximum absolute atomic E-state index is 12.0. The summed E-state index contributed by atoms with van der Waals surface area (Å²) in [5.41, 5.74) is 0. The van der Waals surface area contributed by atoms with Crippen LogP contribution in [0.3, 0.4) is 0 Å². The number of carbonyl (C=O) groups is 2. The fourth-order valence-electron chi connectivity index (χ4n) is 1.53. The van der Waals surface area contributed by atoms with Crippen LogP contribution in [0.5, 0.6) is 0 Å². The van der Waals surface area contributed by atoms with Gasteiger partial charge in [-0.25, -0.2) is 4.79 Å². The highest BCUT2D eigenvalue weighted by atomic mass is 32.1. The van der Waals surface area contributed by atoms with Crippen molar-refractivity contribution >= 4 is 29.3 Å². The van der Waals surface area contributed by atoms with E-state index in [1.165, 1.54) is 17.4 Å². The predicted octanol–water partition coefficient (Wildman–Crippen LogP) is 2.57. The summed E-state index contributed by atoms with van der Waals surface area (Å²) in [4.78, 5) is 25.5. The molecule has 0 saturated heterocycles. The molecule has 18 heavy (non-hydrogen) atoms. The molecule has 0 saturated carbocycles. The van der Waals surface area contributed by atoms with Gasteiger partial charge in [-0.2, -0.15) is 0 Å². The second-order valence-corrected chi connectivity index (χ2v) is 5.57. The van der Waals surface area contributed by atoms with E-state index in [2.05, 4.69) is 13.8 Å². The van der Waals surface area contributed by atoms with Crippen molar-refractivity contribution in [2.75, 3.05) is 13.6 Å². The number of hydrogen-bond acceptors (Lipinski definition) is 3. The van der Waals surface area contributed by atoms with E-state index in [9.17, 15) is 9.59 Å². The zero-order chi connectivity index (χ0) is 13.7. The fourth-order valence-corrected chi connectivity index (χ4v) is 2.43. The normalized spacial score (nSPS) is 11.1. The number of thiophene rings is 1. The molecular formula is C13H17NO3S. The van der Waals surface area contributed by atoms with Gasteiger partial charge in [0.2, 0.25) is 0 Å². The average molecular weight is 267 g/mol. The lowest BCUT2D eigenvalue weighted by molar-refractivity contribution is -0.131. The van der Waals surface area contributed by atoms with Gasteiger partial charge in [-0.15, -0.1) is 11.3 Å².